The fraction of sp³-hybridized carbons (Fsp3) is 0.462. The van der Waals surface area contributed by atoms with E-state index < -0.39 is 0 Å². The molecule has 0 amide bonds. The summed E-state index contributed by atoms with van der Waals surface area (Å²) in [4.78, 5) is 6.99. The third-order valence-electron chi connectivity index (χ3n) is 3.14. The first kappa shape index (κ1) is 12.3. The second-order valence-corrected chi connectivity index (χ2v) is 5.89. The van der Waals surface area contributed by atoms with Gasteiger partial charge in [0.05, 0.1) is 18.1 Å². The molecule has 2 heterocycles. The summed E-state index contributed by atoms with van der Waals surface area (Å²) >= 11 is 1.81. The van der Waals surface area contributed by atoms with Crippen LogP contribution in [-0.2, 0) is 0 Å². The molecular formula is C13H19N3S. The van der Waals surface area contributed by atoms with Crippen LogP contribution in [0.25, 0.3) is 0 Å². The molecule has 0 radical (unpaired) electrons. The van der Waals surface area contributed by atoms with Crippen LogP contribution in [-0.4, -0.2) is 15.6 Å². The van der Waals surface area contributed by atoms with E-state index in [0.717, 1.165) is 5.69 Å². The summed E-state index contributed by atoms with van der Waals surface area (Å²) in [5.74, 6) is 0. The fourth-order valence-corrected chi connectivity index (χ4v) is 3.15. The monoisotopic (exact) mass is 249 g/mol. The lowest BCUT2D eigenvalue weighted by Gasteiger charge is -2.22. The quantitative estimate of drug-likeness (QED) is 0.909. The Morgan fingerprint density at radius 2 is 2.00 bits per heavy atom. The van der Waals surface area contributed by atoms with Crippen LogP contribution < -0.4 is 5.73 Å². The van der Waals surface area contributed by atoms with Crippen LogP contribution in [0.1, 0.15) is 34.1 Å². The van der Waals surface area contributed by atoms with Crippen LogP contribution in [0, 0.1) is 20.8 Å². The normalized spacial score (nSPS) is 14.9. The Bertz CT molecular complexity index is 510. The first-order valence-corrected chi connectivity index (χ1v) is 6.64. The molecule has 3 nitrogen and oxygen atoms in total. The molecule has 0 fully saturated rings. The first-order valence-electron chi connectivity index (χ1n) is 5.82. The van der Waals surface area contributed by atoms with Gasteiger partial charge >= 0.3 is 0 Å². The molecule has 2 N–H and O–H groups in total. The topological polar surface area (TPSA) is 43.8 Å². The maximum absolute atomic E-state index is 6.15. The number of thiophene rings is 1. The van der Waals surface area contributed by atoms with Crippen molar-refractivity contribution in [3.63, 3.8) is 0 Å². The van der Waals surface area contributed by atoms with Crippen molar-refractivity contribution in [1.29, 1.82) is 0 Å². The highest BCUT2D eigenvalue weighted by atomic mass is 32.1. The Morgan fingerprint density at radius 1 is 1.29 bits per heavy atom. The van der Waals surface area contributed by atoms with E-state index in [1.165, 1.54) is 15.4 Å². The van der Waals surface area contributed by atoms with Crippen LogP contribution in [0.3, 0.4) is 0 Å². The van der Waals surface area contributed by atoms with Gasteiger partial charge in [-0.2, -0.15) is 0 Å². The summed E-state index contributed by atoms with van der Waals surface area (Å²) < 4.78 is 2.19. The number of hydrogen-bond acceptors (Lipinski definition) is 3. The van der Waals surface area contributed by atoms with Gasteiger partial charge in [0.2, 0.25) is 0 Å². The van der Waals surface area contributed by atoms with Gasteiger partial charge in [-0.1, -0.05) is 0 Å². The van der Waals surface area contributed by atoms with Gasteiger partial charge < -0.3 is 10.3 Å². The summed E-state index contributed by atoms with van der Waals surface area (Å²) in [6.45, 7) is 8.30. The van der Waals surface area contributed by atoms with Gasteiger partial charge in [0.25, 0.3) is 0 Å². The lowest BCUT2D eigenvalue weighted by Crippen LogP contribution is -2.29. The lowest BCUT2D eigenvalue weighted by molar-refractivity contribution is 0.495. The van der Waals surface area contributed by atoms with E-state index in [0.29, 0.717) is 0 Å². The Balaban J connectivity index is 2.46. The molecule has 2 atom stereocenters. The predicted octanol–water partition coefficient (Wildman–Crippen LogP) is 2.81. The van der Waals surface area contributed by atoms with E-state index in [-0.39, 0.29) is 12.1 Å². The van der Waals surface area contributed by atoms with E-state index in [1.807, 2.05) is 24.6 Å². The largest absolute Gasteiger partial charge is 0.326 e. The molecule has 0 aliphatic heterocycles. The van der Waals surface area contributed by atoms with Gasteiger partial charge in [-0.15, -0.1) is 11.3 Å². The number of rotatable bonds is 3. The minimum absolute atomic E-state index is 0.0698. The predicted molar refractivity (Wildman–Crippen MR) is 72.5 cm³/mol. The second kappa shape index (κ2) is 4.63. The standard InChI is InChI=1S/C13H19N3S/c1-8-5-6-12(17-8)13(9(2)14)16-7-15-10(3)11(16)4/h5-7,9,13H,14H2,1-4H3. The Morgan fingerprint density at radius 3 is 2.41 bits per heavy atom. The molecule has 2 aromatic heterocycles. The van der Waals surface area contributed by atoms with Crippen LogP contribution in [0.15, 0.2) is 18.5 Å². The first-order chi connectivity index (χ1) is 8.00. The fourth-order valence-electron chi connectivity index (χ4n) is 2.06. The molecule has 0 bridgehead atoms. The van der Waals surface area contributed by atoms with Gasteiger partial charge in [0.1, 0.15) is 0 Å². The van der Waals surface area contributed by atoms with Crippen LogP contribution in [0.5, 0.6) is 0 Å². The molecule has 2 rings (SSSR count). The lowest BCUT2D eigenvalue weighted by atomic mass is 10.1. The van der Waals surface area contributed by atoms with Crippen molar-refractivity contribution < 1.29 is 0 Å². The average molecular weight is 249 g/mol. The molecule has 4 heteroatoms. The number of nitrogens with two attached hydrogens (primary N) is 1. The summed E-state index contributed by atoms with van der Waals surface area (Å²) in [6, 6.07) is 4.58. The van der Waals surface area contributed by atoms with Gasteiger partial charge in [-0.25, -0.2) is 4.98 Å². The molecule has 17 heavy (non-hydrogen) atoms. The van der Waals surface area contributed by atoms with Crippen LogP contribution >= 0.6 is 11.3 Å². The number of aromatic nitrogens is 2. The summed E-state index contributed by atoms with van der Waals surface area (Å²) in [5.41, 5.74) is 8.41. The summed E-state index contributed by atoms with van der Waals surface area (Å²) in [7, 11) is 0. The summed E-state index contributed by atoms with van der Waals surface area (Å²) in [6.07, 6.45) is 1.90. The number of hydrogen-bond donors (Lipinski definition) is 1. The van der Waals surface area contributed by atoms with Crippen molar-refractivity contribution in [2.24, 2.45) is 5.73 Å². The van der Waals surface area contributed by atoms with Gasteiger partial charge in [0.15, 0.2) is 0 Å². The second-order valence-electron chi connectivity index (χ2n) is 4.58. The third kappa shape index (κ3) is 2.28. The smallest absolute Gasteiger partial charge is 0.0958 e. The van der Waals surface area contributed by atoms with Gasteiger partial charge in [-0.3, -0.25) is 0 Å². The highest BCUT2D eigenvalue weighted by molar-refractivity contribution is 7.12. The minimum Gasteiger partial charge on any atom is -0.326 e. The minimum atomic E-state index is 0.0698. The van der Waals surface area contributed by atoms with E-state index >= 15 is 0 Å². The molecule has 0 aliphatic rings. The Kier molecular flexibility index (Phi) is 3.35. The zero-order valence-corrected chi connectivity index (χ0v) is 11.6. The van der Waals surface area contributed by atoms with E-state index in [1.54, 1.807) is 0 Å². The van der Waals surface area contributed by atoms with E-state index in [9.17, 15) is 0 Å². The van der Waals surface area contributed by atoms with Crippen molar-refractivity contribution in [1.82, 2.24) is 9.55 Å². The highest BCUT2D eigenvalue weighted by Gasteiger charge is 2.21. The number of imidazole rings is 1. The Hall–Kier alpha value is -1.13. The SMILES string of the molecule is Cc1ccc(C(C(C)N)n2cnc(C)c2C)s1. The van der Waals surface area contributed by atoms with Crippen LogP contribution in [0.4, 0.5) is 0 Å². The van der Waals surface area contributed by atoms with Crippen LogP contribution in [0.2, 0.25) is 0 Å². The molecule has 0 saturated carbocycles. The maximum Gasteiger partial charge on any atom is 0.0958 e. The Labute approximate surface area is 106 Å². The number of aryl methyl sites for hydroxylation is 2. The van der Waals surface area contributed by atoms with Crippen molar-refractivity contribution in [2.75, 3.05) is 0 Å². The van der Waals surface area contributed by atoms with E-state index in [4.69, 9.17) is 5.73 Å². The zero-order chi connectivity index (χ0) is 12.6. The molecular weight excluding hydrogens is 230 g/mol. The van der Waals surface area contributed by atoms with Crippen molar-refractivity contribution >= 4 is 11.3 Å². The van der Waals surface area contributed by atoms with E-state index in [2.05, 4.69) is 42.5 Å². The highest BCUT2D eigenvalue weighted by Crippen LogP contribution is 2.29. The molecule has 0 aromatic carbocycles. The molecule has 2 unspecified atom stereocenters. The van der Waals surface area contributed by atoms with Gasteiger partial charge in [-0.05, 0) is 39.8 Å². The van der Waals surface area contributed by atoms with Gasteiger partial charge in [0, 0.05) is 21.5 Å². The third-order valence-corrected chi connectivity index (χ3v) is 4.21. The maximum atomic E-state index is 6.15. The summed E-state index contributed by atoms with van der Waals surface area (Å²) in [5, 5.41) is 0. The number of nitrogens with zero attached hydrogens (tertiary/aromatic N) is 2. The molecule has 0 saturated heterocycles. The molecule has 2 aromatic rings. The van der Waals surface area contributed by atoms with Crippen molar-refractivity contribution in [3.05, 3.63) is 39.6 Å². The average Bonchev–Trinajstić information content (AvgIpc) is 2.80. The van der Waals surface area contributed by atoms with Crippen molar-refractivity contribution in [2.45, 2.75) is 39.8 Å². The van der Waals surface area contributed by atoms with Crippen molar-refractivity contribution in [3.8, 4) is 0 Å². The molecule has 92 valence electrons. The zero-order valence-electron chi connectivity index (χ0n) is 10.8. The molecule has 0 aliphatic carbocycles. The molecule has 0 spiro atoms.